The van der Waals surface area contributed by atoms with Crippen molar-refractivity contribution >= 4 is 22.6 Å². The number of benzene rings is 2. The van der Waals surface area contributed by atoms with Gasteiger partial charge in [-0.2, -0.15) is 0 Å². The lowest BCUT2D eigenvalue weighted by molar-refractivity contribution is -0.114. The third kappa shape index (κ3) is 3.80. The van der Waals surface area contributed by atoms with Crippen LogP contribution in [0.4, 0.5) is 14.6 Å². The quantitative estimate of drug-likeness (QED) is 0.536. The number of halogens is 2. The van der Waals surface area contributed by atoms with Crippen LogP contribution in [0.3, 0.4) is 0 Å². The summed E-state index contributed by atoms with van der Waals surface area (Å²) in [7, 11) is 1.47. The van der Waals surface area contributed by atoms with E-state index >= 15 is 0 Å². The van der Waals surface area contributed by atoms with E-state index in [2.05, 4.69) is 20.3 Å². The highest BCUT2D eigenvalue weighted by Crippen LogP contribution is 2.36. The first-order valence-corrected chi connectivity index (χ1v) is 8.99. The Morgan fingerprint density at radius 2 is 1.73 bits per heavy atom. The average Bonchev–Trinajstić information content (AvgIpc) is 2.72. The first-order valence-electron chi connectivity index (χ1n) is 8.99. The van der Waals surface area contributed by atoms with Crippen molar-refractivity contribution < 1.29 is 18.3 Å². The van der Waals surface area contributed by atoms with E-state index in [1.165, 1.54) is 26.2 Å². The van der Waals surface area contributed by atoms with E-state index in [0.717, 1.165) is 6.07 Å². The van der Waals surface area contributed by atoms with Crippen molar-refractivity contribution in [2.75, 3.05) is 12.4 Å². The largest absolute Gasteiger partial charge is 0.494 e. The highest BCUT2D eigenvalue weighted by Gasteiger charge is 2.17. The fraction of sp³-hybridized carbons (Fsp3) is 0.0909. The molecule has 8 heteroatoms. The summed E-state index contributed by atoms with van der Waals surface area (Å²) in [6.07, 6.45) is 3.24. The van der Waals surface area contributed by atoms with Crippen LogP contribution in [0, 0.1) is 11.6 Å². The molecule has 0 radical (unpaired) electrons. The Morgan fingerprint density at radius 3 is 2.37 bits per heavy atom. The average molecular weight is 406 g/mol. The number of methoxy groups -OCH3 is 1. The molecule has 1 N–H and O–H groups in total. The Labute approximate surface area is 170 Å². The molecule has 1 amide bonds. The number of amides is 1. The minimum atomic E-state index is -0.700. The molecule has 0 bridgehead atoms. The number of nitrogens with zero attached hydrogens (tertiary/aromatic N) is 3. The van der Waals surface area contributed by atoms with Gasteiger partial charge in [0.25, 0.3) is 0 Å². The number of fused-ring (bicyclic) bond motifs is 1. The van der Waals surface area contributed by atoms with Gasteiger partial charge in [0.05, 0.1) is 7.11 Å². The van der Waals surface area contributed by atoms with Gasteiger partial charge in [-0.05, 0) is 47.5 Å². The molecule has 0 aliphatic rings. The van der Waals surface area contributed by atoms with Crippen molar-refractivity contribution in [1.29, 1.82) is 0 Å². The molecule has 30 heavy (non-hydrogen) atoms. The normalized spacial score (nSPS) is 10.8. The summed E-state index contributed by atoms with van der Waals surface area (Å²) in [4.78, 5) is 24.9. The van der Waals surface area contributed by atoms with Gasteiger partial charge in [-0.15, -0.1) is 0 Å². The maximum Gasteiger partial charge on any atom is 0.222 e. The number of carbonyl (C=O) groups excluding carboxylic acids is 1. The molecule has 0 saturated carbocycles. The van der Waals surface area contributed by atoms with Crippen molar-refractivity contribution in [2.24, 2.45) is 0 Å². The Bertz CT molecular complexity index is 1240. The third-order valence-corrected chi connectivity index (χ3v) is 4.40. The maximum atomic E-state index is 13.7. The zero-order chi connectivity index (χ0) is 21.3. The molecule has 0 saturated heterocycles. The summed E-state index contributed by atoms with van der Waals surface area (Å²) in [5.74, 6) is -0.756. The maximum absolute atomic E-state index is 13.7. The van der Waals surface area contributed by atoms with Crippen molar-refractivity contribution in [3.63, 3.8) is 0 Å². The zero-order valence-electron chi connectivity index (χ0n) is 16.1. The standard InChI is InChI=1S/C22H16F2N4O2/c1-12(29)26-22-18-8-15(14-6-16(23)10-17(24)7-14)9-19(30-2)20(18)27-21(28-22)13-4-3-5-25-11-13/h3-11H,1-2H3,(H,26,27,28,29). The van der Waals surface area contributed by atoms with E-state index in [4.69, 9.17) is 4.74 Å². The summed E-state index contributed by atoms with van der Waals surface area (Å²) in [6, 6.07) is 10.1. The van der Waals surface area contributed by atoms with Gasteiger partial charge in [0.15, 0.2) is 5.82 Å². The Balaban J connectivity index is 2.00. The van der Waals surface area contributed by atoms with Gasteiger partial charge in [-0.1, -0.05) is 0 Å². The number of nitrogens with one attached hydrogen (secondary N) is 1. The second-order valence-electron chi connectivity index (χ2n) is 6.55. The first-order chi connectivity index (χ1) is 14.4. The lowest BCUT2D eigenvalue weighted by Crippen LogP contribution is -2.09. The smallest absolute Gasteiger partial charge is 0.222 e. The second kappa shape index (κ2) is 7.82. The van der Waals surface area contributed by atoms with Gasteiger partial charge >= 0.3 is 0 Å². The summed E-state index contributed by atoms with van der Waals surface area (Å²) < 4.78 is 33.0. The Hall–Kier alpha value is -3.94. The minimum Gasteiger partial charge on any atom is -0.494 e. The molecule has 4 aromatic rings. The van der Waals surface area contributed by atoms with Crippen LogP contribution in [-0.2, 0) is 4.79 Å². The number of carbonyl (C=O) groups is 1. The molecule has 4 rings (SSSR count). The van der Waals surface area contributed by atoms with Crippen molar-refractivity contribution in [1.82, 2.24) is 15.0 Å². The summed E-state index contributed by atoms with van der Waals surface area (Å²) in [6.45, 7) is 1.36. The van der Waals surface area contributed by atoms with E-state index in [1.54, 1.807) is 36.7 Å². The van der Waals surface area contributed by atoms with E-state index in [9.17, 15) is 13.6 Å². The zero-order valence-corrected chi connectivity index (χ0v) is 16.1. The van der Waals surface area contributed by atoms with E-state index in [-0.39, 0.29) is 11.7 Å². The molecular weight excluding hydrogens is 390 g/mol. The fourth-order valence-corrected chi connectivity index (χ4v) is 3.13. The highest BCUT2D eigenvalue weighted by molar-refractivity contribution is 6.02. The molecule has 0 atom stereocenters. The molecular formula is C22H16F2N4O2. The number of pyridine rings is 1. The Kier molecular flexibility index (Phi) is 5.05. The topological polar surface area (TPSA) is 77.0 Å². The van der Waals surface area contributed by atoms with Crippen LogP contribution in [0.5, 0.6) is 5.75 Å². The molecule has 150 valence electrons. The van der Waals surface area contributed by atoms with E-state index in [1.807, 2.05) is 0 Å². The summed E-state index contributed by atoms with van der Waals surface area (Å²) >= 11 is 0. The summed E-state index contributed by atoms with van der Waals surface area (Å²) in [5.41, 5.74) is 1.90. The van der Waals surface area contributed by atoms with Crippen molar-refractivity contribution in [3.8, 4) is 28.3 Å². The van der Waals surface area contributed by atoms with Crippen molar-refractivity contribution in [3.05, 3.63) is 66.5 Å². The second-order valence-corrected chi connectivity index (χ2v) is 6.55. The Morgan fingerprint density at radius 1 is 1.00 bits per heavy atom. The highest BCUT2D eigenvalue weighted by atomic mass is 19.1. The molecule has 0 spiro atoms. The lowest BCUT2D eigenvalue weighted by Gasteiger charge is -2.14. The van der Waals surface area contributed by atoms with E-state index < -0.39 is 11.6 Å². The van der Waals surface area contributed by atoms with Gasteiger partial charge < -0.3 is 10.1 Å². The number of ether oxygens (including phenoxy) is 1. The molecule has 2 aromatic heterocycles. The SMILES string of the molecule is COc1cc(-c2cc(F)cc(F)c2)cc2c(NC(C)=O)nc(-c3cccnc3)nc12. The van der Waals surface area contributed by atoms with Gasteiger partial charge in [0, 0.05) is 36.3 Å². The van der Waals surface area contributed by atoms with E-state index in [0.29, 0.717) is 39.2 Å². The first kappa shape index (κ1) is 19.4. The van der Waals surface area contributed by atoms with Crippen LogP contribution in [0.15, 0.2) is 54.9 Å². The number of aromatic nitrogens is 3. The van der Waals surface area contributed by atoms with Crippen LogP contribution < -0.4 is 10.1 Å². The van der Waals surface area contributed by atoms with Crippen LogP contribution in [-0.4, -0.2) is 28.0 Å². The molecule has 0 unspecified atom stereocenters. The predicted molar refractivity (Wildman–Crippen MR) is 109 cm³/mol. The minimum absolute atomic E-state index is 0.253. The number of hydrogen-bond donors (Lipinski definition) is 1. The third-order valence-electron chi connectivity index (χ3n) is 4.40. The van der Waals surface area contributed by atoms with Crippen LogP contribution in [0.2, 0.25) is 0 Å². The summed E-state index contributed by atoms with van der Waals surface area (Å²) in [5, 5.41) is 3.17. The number of rotatable bonds is 4. The van der Waals surface area contributed by atoms with Gasteiger partial charge in [0.2, 0.25) is 5.91 Å². The van der Waals surface area contributed by atoms with Gasteiger partial charge in [0.1, 0.15) is 28.7 Å². The molecule has 2 heterocycles. The van der Waals surface area contributed by atoms with Crippen LogP contribution in [0.1, 0.15) is 6.92 Å². The molecule has 2 aromatic carbocycles. The molecule has 0 aliphatic carbocycles. The number of hydrogen-bond acceptors (Lipinski definition) is 5. The van der Waals surface area contributed by atoms with Crippen molar-refractivity contribution in [2.45, 2.75) is 6.92 Å². The van der Waals surface area contributed by atoms with Gasteiger partial charge in [-0.3, -0.25) is 9.78 Å². The fourth-order valence-electron chi connectivity index (χ4n) is 3.13. The molecule has 0 aliphatic heterocycles. The lowest BCUT2D eigenvalue weighted by atomic mass is 10.0. The van der Waals surface area contributed by atoms with Crippen LogP contribution >= 0.6 is 0 Å². The molecule has 0 fully saturated rings. The molecule has 6 nitrogen and oxygen atoms in total. The van der Waals surface area contributed by atoms with Crippen LogP contribution in [0.25, 0.3) is 33.4 Å². The monoisotopic (exact) mass is 406 g/mol. The predicted octanol–water partition coefficient (Wildman–Crippen LogP) is 4.60. The van der Waals surface area contributed by atoms with Gasteiger partial charge in [-0.25, -0.2) is 18.7 Å². The number of anilines is 1.